The summed E-state index contributed by atoms with van der Waals surface area (Å²) < 4.78 is 5.19. The molecule has 0 saturated heterocycles. The maximum atomic E-state index is 8.53. The van der Waals surface area contributed by atoms with E-state index in [0.29, 0.717) is 6.54 Å². The summed E-state index contributed by atoms with van der Waals surface area (Å²) in [6, 6.07) is 10.3. The maximum Gasteiger partial charge on any atom is 0.0722 e. The van der Waals surface area contributed by atoms with E-state index in [1.54, 1.807) is 7.11 Å². The molecule has 0 aliphatic heterocycles. The molecule has 0 saturated carbocycles. The lowest BCUT2D eigenvalue weighted by atomic mass is 10.1. The van der Waals surface area contributed by atoms with Crippen LogP contribution in [0.5, 0.6) is 0 Å². The summed E-state index contributed by atoms with van der Waals surface area (Å²) in [5.41, 5.74) is 3.43. The molecule has 0 spiro atoms. The van der Waals surface area contributed by atoms with Crippen molar-refractivity contribution in [2.75, 3.05) is 13.7 Å². The molecule has 78 valence electrons. The number of nitrogens with one attached hydrogen (secondary N) is 1. The second-order valence-corrected chi connectivity index (χ2v) is 3.24. The summed E-state index contributed by atoms with van der Waals surface area (Å²) in [4.78, 5) is 0. The van der Waals surface area contributed by atoms with Crippen LogP contribution in [0.1, 0.15) is 12.0 Å². The SMILES string of the molecule is COC(CCc1ccccc1)CNO. The Morgan fingerprint density at radius 3 is 2.64 bits per heavy atom. The molecular formula is C11H17NO2. The van der Waals surface area contributed by atoms with Crippen LogP contribution in [0, 0.1) is 0 Å². The summed E-state index contributed by atoms with van der Waals surface area (Å²) in [6.07, 6.45) is 1.95. The van der Waals surface area contributed by atoms with E-state index in [2.05, 4.69) is 17.6 Å². The molecule has 1 aromatic carbocycles. The average Bonchev–Trinajstić information content (AvgIpc) is 2.25. The molecule has 0 aliphatic carbocycles. The Kier molecular flexibility index (Phi) is 5.22. The van der Waals surface area contributed by atoms with E-state index in [0.717, 1.165) is 12.8 Å². The monoisotopic (exact) mass is 195 g/mol. The van der Waals surface area contributed by atoms with Crippen LogP contribution in [0.4, 0.5) is 0 Å². The van der Waals surface area contributed by atoms with Crippen molar-refractivity contribution in [1.82, 2.24) is 5.48 Å². The van der Waals surface area contributed by atoms with Crippen LogP contribution in [-0.2, 0) is 11.2 Å². The first-order valence-corrected chi connectivity index (χ1v) is 4.80. The van der Waals surface area contributed by atoms with Crippen molar-refractivity contribution in [3.8, 4) is 0 Å². The summed E-state index contributed by atoms with van der Waals surface area (Å²) >= 11 is 0. The first-order chi connectivity index (χ1) is 6.86. The third-order valence-corrected chi connectivity index (χ3v) is 2.25. The molecule has 3 heteroatoms. The van der Waals surface area contributed by atoms with Crippen molar-refractivity contribution < 1.29 is 9.94 Å². The van der Waals surface area contributed by atoms with E-state index in [1.807, 2.05) is 18.2 Å². The number of benzene rings is 1. The molecule has 1 atom stereocenters. The number of aryl methyl sites for hydroxylation is 1. The molecule has 2 N–H and O–H groups in total. The first kappa shape index (κ1) is 11.2. The smallest absolute Gasteiger partial charge is 0.0722 e. The van der Waals surface area contributed by atoms with Crippen LogP contribution < -0.4 is 5.48 Å². The van der Waals surface area contributed by atoms with Crippen LogP contribution in [0.15, 0.2) is 30.3 Å². The fourth-order valence-corrected chi connectivity index (χ4v) is 1.38. The van der Waals surface area contributed by atoms with E-state index in [4.69, 9.17) is 9.94 Å². The van der Waals surface area contributed by atoms with Crippen molar-refractivity contribution in [3.63, 3.8) is 0 Å². The van der Waals surface area contributed by atoms with Crippen LogP contribution in [0.2, 0.25) is 0 Å². The quantitative estimate of drug-likeness (QED) is 0.678. The second kappa shape index (κ2) is 6.54. The molecule has 0 bridgehead atoms. The van der Waals surface area contributed by atoms with E-state index in [1.165, 1.54) is 5.56 Å². The highest BCUT2D eigenvalue weighted by atomic mass is 16.5. The molecule has 14 heavy (non-hydrogen) atoms. The van der Waals surface area contributed by atoms with Gasteiger partial charge in [-0.2, -0.15) is 0 Å². The zero-order valence-corrected chi connectivity index (χ0v) is 8.44. The van der Waals surface area contributed by atoms with Gasteiger partial charge in [0.1, 0.15) is 0 Å². The van der Waals surface area contributed by atoms with Gasteiger partial charge in [-0.15, -0.1) is 0 Å². The average molecular weight is 195 g/mol. The second-order valence-electron chi connectivity index (χ2n) is 3.24. The molecule has 0 fully saturated rings. The zero-order valence-electron chi connectivity index (χ0n) is 8.44. The van der Waals surface area contributed by atoms with Gasteiger partial charge in [0.15, 0.2) is 0 Å². The fraction of sp³-hybridized carbons (Fsp3) is 0.455. The van der Waals surface area contributed by atoms with Gasteiger partial charge in [0.2, 0.25) is 0 Å². The largest absolute Gasteiger partial charge is 0.380 e. The van der Waals surface area contributed by atoms with Gasteiger partial charge in [0, 0.05) is 13.7 Å². The Morgan fingerprint density at radius 1 is 1.36 bits per heavy atom. The van der Waals surface area contributed by atoms with Crippen LogP contribution in [0.25, 0.3) is 0 Å². The van der Waals surface area contributed by atoms with Gasteiger partial charge >= 0.3 is 0 Å². The summed E-state index contributed by atoms with van der Waals surface area (Å²) in [5.74, 6) is 0. The lowest BCUT2D eigenvalue weighted by Gasteiger charge is -2.13. The lowest BCUT2D eigenvalue weighted by molar-refractivity contribution is 0.0517. The predicted molar refractivity (Wildman–Crippen MR) is 55.3 cm³/mol. The van der Waals surface area contributed by atoms with Gasteiger partial charge in [-0.25, -0.2) is 5.48 Å². The third kappa shape index (κ3) is 3.87. The van der Waals surface area contributed by atoms with E-state index in [9.17, 15) is 0 Å². The highest BCUT2D eigenvalue weighted by Gasteiger charge is 2.05. The van der Waals surface area contributed by atoms with Gasteiger partial charge in [-0.1, -0.05) is 30.3 Å². The Bertz CT molecular complexity index is 238. The minimum atomic E-state index is 0.0696. The standard InChI is InChI=1S/C11H17NO2/c1-14-11(9-12-13)8-7-10-5-3-2-4-6-10/h2-6,11-13H,7-9H2,1H3. The summed E-state index contributed by atoms with van der Waals surface area (Å²) in [7, 11) is 1.66. The fourth-order valence-electron chi connectivity index (χ4n) is 1.38. The number of hydrogen-bond donors (Lipinski definition) is 2. The maximum absolute atomic E-state index is 8.53. The number of hydroxylamine groups is 1. The van der Waals surface area contributed by atoms with Crippen molar-refractivity contribution in [2.24, 2.45) is 0 Å². The van der Waals surface area contributed by atoms with Crippen LogP contribution in [0.3, 0.4) is 0 Å². The predicted octanol–water partition coefficient (Wildman–Crippen LogP) is 1.61. The van der Waals surface area contributed by atoms with Crippen molar-refractivity contribution in [1.29, 1.82) is 0 Å². The van der Waals surface area contributed by atoms with Gasteiger partial charge in [-0.3, -0.25) is 0 Å². The minimum Gasteiger partial charge on any atom is -0.380 e. The Hall–Kier alpha value is -0.900. The van der Waals surface area contributed by atoms with Crippen LogP contribution in [-0.4, -0.2) is 25.0 Å². The number of methoxy groups -OCH3 is 1. The number of ether oxygens (including phenoxy) is 1. The third-order valence-electron chi connectivity index (χ3n) is 2.25. The molecule has 0 aliphatic rings. The Labute approximate surface area is 84.7 Å². The molecule has 0 amide bonds. The zero-order chi connectivity index (χ0) is 10.2. The molecule has 3 nitrogen and oxygen atoms in total. The molecule has 1 unspecified atom stereocenters. The molecule has 1 rings (SSSR count). The molecule has 0 heterocycles. The molecule has 1 aromatic rings. The minimum absolute atomic E-state index is 0.0696. The molecule has 0 radical (unpaired) electrons. The summed E-state index contributed by atoms with van der Waals surface area (Å²) in [6.45, 7) is 0.476. The highest BCUT2D eigenvalue weighted by Crippen LogP contribution is 2.06. The van der Waals surface area contributed by atoms with Crippen molar-refractivity contribution in [3.05, 3.63) is 35.9 Å². The normalized spacial score (nSPS) is 12.7. The van der Waals surface area contributed by atoms with Crippen molar-refractivity contribution >= 4 is 0 Å². The Morgan fingerprint density at radius 2 is 2.07 bits per heavy atom. The molecule has 0 aromatic heterocycles. The number of rotatable bonds is 6. The highest BCUT2D eigenvalue weighted by molar-refractivity contribution is 5.14. The van der Waals surface area contributed by atoms with E-state index in [-0.39, 0.29) is 6.10 Å². The lowest BCUT2D eigenvalue weighted by Crippen LogP contribution is -2.26. The molecular weight excluding hydrogens is 178 g/mol. The van der Waals surface area contributed by atoms with Gasteiger partial charge in [0.25, 0.3) is 0 Å². The van der Waals surface area contributed by atoms with Gasteiger partial charge < -0.3 is 9.94 Å². The van der Waals surface area contributed by atoms with Crippen molar-refractivity contribution in [2.45, 2.75) is 18.9 Å². The number of hydrogen-bond acceptors (Lipinski definition) is 3. The summed E-state index contributed by atoms with van der Waals surface area (Å²) in [5, 5.41) is 8.53. The van der Waals surface area contributed by atoms with Gasteiger partial charge in [0.05, 0.1) is 6.10 Å². The first-order valence-electron chi connectivity index (χ1n) is 4.80. The van der Waals surface area contributed by atoms with E-state index < -0.39 is 0 Å². The van der Waals surface area contributed by atoms with E-state index >= 15 is 0 Å². The van der Waals surface area contributed by atoms with Crippen LogP contribution >= 0.6 is 0 Å². The Balaban J connectivity index is 2.32. The van der Waals surface area contributed by atoms with Gasteiger partial charge in [-0.05, 0) is 18.4 Å². The topological polar surface area (TPSA) is 41.5 Å².